The third kappa shape index (κ3) is 7.52. The lowest BCUT2D eigenvalue weighted by molar-refractivity contribution is -0.116. The third-order valence-electron chi connectivity index (χ3n) is 3.81. The van der Waals surface area contributed by atoms with Gasteiger partial charge in [-0.15, -0.1) is 0 Å². The zero-order valence-electron chi connectivity index (χ0n) is 15.8. The molecule has 29 heavy (non-hydrogen) atoms. The number of unbranched alkanes of at least 4 members (excludes halogenated alkanes) is 1. The Hall–Kier alpha value is -2.97. The van der Waals surface area contributed by atoms with Crippen LogP contribution in [0.4, 0.5) is 5.69 Å². The van der Waals surface area contributed by atoms with E-state index in [0.717, 1.165) is 12.8 Å². The summed E-state index contributed by atoms with van der Waals surface area (Å²) in [5.41, 5.74) is 6.21. The predicted octanol–water partition coefficient (Wildman–Crippen LogP) is 3.42. The normalized spacial score (nSPS) is 10.0. The van der Waals surface area contributed by atoms with E-state index in [1.807, 2.05) is 6.92 Å². The molecule has 0 spiro atoms. The van der Waals surface area contributed by atoms with Crippen molar-refractivity contribution in [1.29, 1.82) is 0 Å². The van der Waals surface area contributed by atoms with Gasteiger partial charge in [0.15, 0.2) is 5.11 Å². The highest BCUT2D eigenvalue weighted by molar-refractivity contribution is 7.80. The molecule has 0 aromatic heterocycles. The average Bonchev–Trinajstić information content (AvgIpc) is 2.71. The minimum atomic E-state index is -0.447. The molecule has 7 nitrogen and oxygen atoms in total. The highest BCUT2D eigenvalue weighted by atomic mass is 35.5. The summed E-state index contributed by atoms with van der Waals surface area (Å²) in [6.07, 6.45) is 2.23. The van der Waals surface area contributed by atoms with Crippen LogP contribution in [0.15, 0.2) is 48.5 Å². The number of hydrogen-bond donors (Lipinski definition) is 4. The number of halogens is 1. The van der Waals surface area contributed by atoms with Gasteiger partial charge >= 0.3 is 0 Å². The second-order valence-electron chi connectivity index (χ2n) is 6.10. The van der Waals surface area contributed by atoms with E-state index in [2.05, 4.69) is 21.5 Å². The highest BCUT2D eigenvalue weighted by Gasteiger charge is 2.10. The van der Waals surface area contributed by atoms with Crippen LogP contribution in [0.1, 0.15) is 46.9 Å². The first-order valence-corrected chi connectivity index (χ1v) is 9.75. The Balaban J connectivity index is 1.80. The van der Waals surface area contributed by atoms with Crippen molar-refractivity contribution in [3.05, 3.63) is 64.7 Å². The van der Waals surface area contributed by atoms with E-state index in [4.69, 9.17) is 23.8 Å². The monoisotopic (exact) mass is 432 g/mol. The molecule has 152 valence electrons. The number of hydrogen-bond acceptors (Lipinski definition) is 4. The largest absolute Gasteiger partial charge is 0.326 e. The Morgan fingerprint density at radius 3 is 2.10 bits per heavy atom. The number of hydrazine groups is 1. The molecule has 0 aliphatic rings. The highest BCUT2D eigenvalue weighted by Crippen LogP contribution is 2.11. The van der Waals surface area contributed by atoms with Gasteiger partial charge in [-0.2, -0.15) is 0 Å². The number of anilines is 1. The van der Waals surface area contributed by atoms with Crippen LogP contribution in [0.3, 0.4) is 0 Å². The Labute approximate surface area is 179 Å². The molecule has 0 aliphatic heterocycles. The summed E-state index contributed by atoms with van der Waals surface area (Å²) in [5.74, 6) is -0.943. The summed E-state index contributed by atoms with van der Waals surface area (Å²) >= 11 is 10.8. The third-order valence-corrected chi connectivity index (χ3v) is 4.27. The summed E-state index contributed by atoms with van der Waals surface area (Å²) in [6, 6.07) is 12.7. The summed E-state index contributed by atoms with van der Waals surface area (Å²) in [5, 5.41) is 5.67. The lowest BCUT2D eigenvalue weighted by Gasteiger charge is -2.11. The molecule has 2 rings (SSSR count). The van der Waals surface area contributed by atoms with Crippen molar-refractivity contribution >= 4 is 52.3 Å². The smallest absolute Gasteiger partial charge is 0.269 e. The molecule has 9 heteroatoms. The molecule has 0 unspecified atom stereocenters. The quantitative estimate of drug-likeness (QED) is 0.414. The summed E-state index contributed by atoms with van der Waals surface area (Å²) in [6.45, 7) is 2.02. The number of rotatable bonds is 6. The van der Waals surface area contributed by atoms with Gasteiger partial charge < -0.3 is 5.32 Å². The first-order valence-electron chi connectivity index (χ1n) is 8.96. The van der Waals surface area contributed by atoms with Crippen molar-refractivity contribution in [2.45, 2.75) is 26.2 Å². The van der Waals surface area contributed by atoms with Gasteiger partial charge in [0.25, 0.3) is 11.8 Å². The maximum absolute atomic E-state index is 12.2. The maximum atomic E-state index is 12.2. The number of thiocarbonyl (C=S) groups is 1. The van der Waals surface area contributed by atoms with Crippen LogP contribution < -0.4 is 21.5 Å². The van der Waals surface area contributed by atoms with Gasteiger partial charge in [-0.05, 0) is 67.2 Å². The number of benzene rings is 2. The Bertz CT molecular complexity index is 886. The van der Waals surface area contributed by atoms with Crippen molar-refractivity contribution in [2.24, 2.45) is 0 Å². The molecular formula is C20H21ClN4O3S. The Kier molecular flexibility index (Phi) is 8.57. The second-order valence-corrected chi connectivity index (χ2v) is 6.94. The fourth-order valence-corrected chi connectivity index (χ4v) is 2.53. The van der Waals surface area contributed by atoms with Gasteiger partial charge in [0, 0.05) is 28.3 Å². The van der Waals surface area contributed by atoms with Gasteiger partial charge in [0.2, 0.25) is 5.91 Å². The number of carbonyl (C=O) groups excluding carboxylic acids is 3. The van der Waals surface area contributed by atoms with E-state index >= 15 is 0 Å². The maximum Gasteiger partial charge on any atom is 0.269 e. The zero-order chi connectivity index (χ0) is 21.2. The average molecular weight is 433 g/mol. The fourth-order valence-electron chi connectivity index (χ4n) is 2.26. The van der Waals surface area contributed by atoms with Gasteiger partial charge in [-0.3, -0.25) is 30.6 Å². The lowest BCUT2D eigenvalue weighted by Crippen LogP contribution is -2.48. The molecule has 0 aliphatic carbocycles. The Morgan fingerprint density at radius 2 is 1.48 bits per heavy atom. The summed E-state index contributed by atoms with van der Waals surface area (Å²) in [7, 11) is 0. The first-order chi connectivity index (χ1) is 13.9. The molecule has 0 bridgehead atoms. The molecule has 0 saturated carbocycles. The van der Waals surface area contributed by atoms with Gasteiger partial charge in [-0.25, -0.2) is 0 Å². The van der Waals surface area contributed by atoms with Gasteiger partial charge in [0.1, 0.15) is 0 Å². The fraction of sp³-hybridized carbons (Fsp3) is 0.200. The molecule has 0 atom stereocenters. The van der Waals surface area contributed by atoms with Gasteiger partial charge in [-0.1, -0.05) is 24.9 Å². The lowest BCUT2D eigenvalue weighted by atomic mass is 10.2. The van der Waals surface area contributed by atoms with Gasteiger partial charge in [0.05, 0.1) is 0 Å². The molecule has 0 radical (unpaired) electrons. The second kappa shape index (κ2) is 11.1. The molecule has 0 heterocycles. The number of amides is 3. The van der Waals surface area contributed by atoms with E-state index in [-0.39, 0.29) is 11.0 Å². The van der Waals surface area contributed by atoms with Crippen LogP contribution in [-0.4, -0.2) is 22.8 Å². The summed E-state index contributed by atoms with van der Waals surface area (Å²) in [4.78, 5) is 35.9. The Morgan fingerprint density at radius 1 is 0.897 bits per heavy atom. The number of carbonyl (C=O) groups is 3. The van der Waals surface area contributed by atoms with E-state index in [0.29, 0.717) is 28.3 Å². The minimum absolute atomic E-state index is 0.0573. The van der Waals surface area contributed by atoms with E-state index in [9.17, 15) is 14.4 Å². The standard InChI is InChI=1S/C20H21ClN4O3S/c1-2-3-4-17(26)22-16-11-7-14(8-12-16)19(28)24-25-20(29)23-18(27)13-5-9-15(21)10-6-13/h5-12H,2-4H2,1H3,(H,22,26)(H,24,28)(H2,23,25,27,29). The van der Waals surface area contributed by atoms with E-state index < -0.39 is 11.8 Å². The van der Waals surface area contributed by atoms with E-state index in [1.165, 1.54) is 0 Å². The van der Waals surface area contributed by atoms with Crippen LogP contribution >= 0.6 is 23.8 Å². The molecule has 0 saturated heterocycles. The molecule has 0 fully saturated rings. The van der Waals surface area contributed by atoms with Crippen molar-refractivity contribution in [2.75, 3.05) is 5.32 Å². The molecule has 3 amide bonds. The topological polar surface area (TPSA) is 99.3 Å². The van der Waals surface area contributed by atoms with Crippen molar-refractivity contribution in [1.82, 2.24) is 16.2 Å². The van der Waals surface area contributed by atoms with Crippen LogP contribution in [0.25, 0.3) is 0 Å². The minimum Gasteiger partial charge on any atom is -0.326 e. The first kappa shape index (κ1) is 22.3. The molecule has 2 aromatic rings. The van der Waals surface area contributed by atoms with Crippen LogP contribution in [-0.2, 0) is 4.79 Å². The molecule has 4 N–H and O–H groups in total. The van der Waals surface area contributed by atoms with Crippen molar-refractivity contribution < 1.29 is 14.4 Å². The van der Waals surface area contributed by atoms with Crippen LogP contribution in [0.5, 0.6) is 0 Å². The predicted molar refractivity (Wildman–Crippen MR) is 117 cm³/mol. The molecule has 2 aromatic carbocycles. The van der Waals surface area contributed by atoms with Crippen molar-refractivity contribution in [3.63, 3.8) is 0 Å². The number of nitrogens with one attached hydrogen (secondary N) is 4. The van der Waals surface area contributed by atoms with E-state index in [1.54, 1.807) is 48.5 Å². The van der Waals surface area contributed by atoms with Crippen LogP contribution in [0, 0.1) is 0 Å². The summed E-state index contributed by atoms with van der Waals surface area (Å²) < 4.78 is 0. The molecular weight excluding hydrogens is 412 g/mol. The SMILES string of the molecule is CCCCC(=O)Nc1ccc(C(=O)NNC(=S)NC(=O)c2ccc(Cl)cc2)cc1. The zero-order valence-corrected chi connectivity index (χ0v) is 17.3. The van der Waals surface area contributed by atoms with Crippen molar-refractivity contribution in [3.8, 4) is 0 Å². The van der Waals surface area contributed by atoms with Crippen LogP contribution in [0.2, 0.25) is 5.02 Å².